The van der Waals surface area contributed by atoms with Crippen LogP contribution in [0.15, 0.2) is 72.9 Å². The Morgan fingerprint density at radius 2 is 1.66 bits per heavy atom. The van der Waals surface area contributed by atoms with Gasteiger partial charge in [0.2, 0.25) is 0 Å². The number of anilines is 3. The van der Waals surface area contributed by atoms with Crippen molar-refractivity contribution >= 4 is 29.0 Å². The average molecular weight is 429 g/mol. The minimum Gasteiger partial charge on any atom is -0.356 e. The molecule has 0 atom stereocenters. The summed E-state index contributed by atoms with van der Waals surface area (Å²) < 4.78 is 0. The van der Waals surface area contributed by atoms with E-state index in [9.17, 15) is 9.59 Å². The van der Waals surface area contributed by atoms with Crippen LogP contribution in [0.5, 0.6) is 0 Å². The van der Waals surface area contributed by atoms with Gasteiger partial charge in [0.15, 0.2) is 0 Å². The maximum atomic E-state index is 12.5. The molecule has 1 saturated carbocycles. The highest BCUT2D eigenvalue weighted by Crippen LogP contribution is 2.27. The normalized spacial score (nSPS) is 13.5. The third kappa shape index (κ3) is 5.94. The van der Waals surface area contributed by atoms with Crippen LogP contribution in [-0.2, 0) is 0 Å². The van der Waals surface area contributed by atoms with Crippen molar-refractivity contribution in [2.45, 2.75) is 32.1 Å². The molecule has 1 aromatic heterocycles. The van der Waals surface area contributed by atoms with Crippen LogP contribution < -0.4 is 16.0 Å². The SMILES string of the molecule is O=C(NCCC1CCCC1)c1cccc(Nc2ccc(C(=O)Nc3ccccn3)cc2)c1. The molecule has 2 aromatic carbocycles. The Bertz CT molecular complexity index is 1040. The lowest BCUT2D eigenvalue weighted by atomic mass is 10.0. The Balaban J connectivity index is 1.31. The van der Waals surface area contributed by atoms with E-state index in [1.165, 1.54) is 25.7 Å². The van der Waals surface area contributed by atoms with E-state index >= 15 is 0 Å². The molecular weight excluding hydrogens is 400 g/mol. The topological polar surface area (TPSA) is 83.1 Å². The zero-order valence-electron chi connectivity index (χ0n) is 18.0. The highest BCUT2D eigenvalue weighted by molar-refractivity contribution is 6.04. The van der Waals surface area contributed by atoms with Crippen molar-refractivity contribution < 1.29 is 9.59 Å². The van der Waals surface area contributed by atoms with Gasteiger partial charge >= 0.3 is 0 Å². The van der Waals surface area contributed by atoms with E-state index in [2.05, 4.69) is 20.9 Å². The quantitative estimate of drug-likeness (QED) is 0.449. The van der Waals surface area contributed by atoms with Gasteiger partial charge in [-0.25, -0.2) is 4.98 Å². The molecule has 0 radical (unpaired) electrons. The highest BCUT2D eigenvalue weighted by Gasteiger charge is 2.15. The number of rotatable bonds is 8. The zero-order valence-corrected chi connectivity index (χ0v) is 18.0. The van der Waals surface area contributed by atoms with Gasteiger partial charge in [0.1, 0.15) is 5.82 Å². The number of hydrogen-bond acceptors (Lipinski definition) is 4. The summed E-state index contributed by atoms with van der Waals surface area (Å²) in [6, 6.07) is 20.0. The van der Waals surface area contributed by atoms with Crippen molar-refractivity contribution in [3.63, 3.8) is 0 Å². The average Bonchev–Trinajstić information content (AvgIpc) is 3.34. The molecule has 6 nitrogen and oxygen atoms in total. The van der Waals surface area contributed by atoms with Crippen molar-refractivity contribution in [1.29, 1.82) is 0 Å². The minimum absolute atomic E-state index is 0.0480. The molecule has 1 fully saturated rings. The predicted octanol–water partition coefficient (Wildman–Crippen LogP) is 5.39. The molecule has 2 amide bonds. The van der Waals surface area contributed by atoms with E-state index in [4.69, 9.17) is 0 Å². The van der Waals surface area contributed by atoms with Crippen LogP contribution in [0, 0.1) is 5.92 Å². The lowest BCUT2D eigenvalue weighted by molar-refractivity contribution is 0.0950. The Morgan fingerprint density at radius 1 is 0.844 bits per heavy atom. The first-order valence-corrected chi connectivity index (χ1v) is 11.1. The van der Waals surface area contributed by atoms with Crippen LogP contribution in [0.4, 0.5) is 17.2 Å². The third-order valence-corrected chi connectivity index (χ3v) is 5.78. The van der Waals surface area contributed by atoms with Gasteiger partial charge in [0.05, 0.1) is 0 Å². The van der Waals surface area contributed by atoms with Crippen LogP contribution >= 0.6 is 0 Å². The molecule has 3 aromatic rings. The molecule has 0 bridgehead atoms. The highest BCUT2D eigenvalue weighted by atomic mass is 16.2. The molecule has 3 N–H and O–H groups in total. The molecule has 164 valence electrons. The molecule has 0 spiro atoms. The molecule has 1 aliphatic carbocycles. The predicted molar refractivity (Wildman–Crippen MR) is 127 cm³/mol. The van der Waals surface area contributed by atoms with Crippen molar-refractivity contribution in [1.82, 2.24) is 10.3 Å². The fraction of sp³-hybridized carbons (Fsp3) is 0.269. The van der Waals surface area contributed by atoms with E-state index < -0.39 is 0 Å². The summed E-state index contributed by atoms with van der Waals surface area (Å²) in [6.45, 7) is 0.725. The number of benzene rings is 2. The molecule has 6 heteroatoms. The number of hydrogen-bond donors (Lipinski definition) is 3. The van der Waals surface area contributed by atoms with Gasteiger partial charge in [-0.3, -0.25) is 9.59 Å². The number of nitrogens with zero attached hydrogens (tertiary/aromatic N) is 1. The fourth-order valence-corrected chi connectivity index (χ4v) is 4.03. The summed E-state index contributed by atoms with van der Waals surface area (Å²) in [5, 5.41) is 9.10. The molecule has 1 heterocycles. The van der Waals surface area contributed by atoms with Gasteiger partial charge in [-0.15, -0.1) is 0 Å². The number of pyridine rings is 1. The fourth-order valence-electron chi connectivity index (χ4n) is 4.03. The van der Waals surface area contributed by atoms with Gasteiger partial charge < -0.3 is 16.0 Å². The lowest BCUT2D eigenvalue weighted by Gasteiger charge is -2.11. The summed E-state index contributed by atoms with van der Waals surface area (Å²) >= 11 is 0. The van der Waals surface area contributed by atoms with Crippen LogP contribution in [0.2, 0.25) is 0 Å². The Hall–Kier alpha value is -3.67. The van der Waals surface area contributed by atoms with Gasteiger partial charge in [-0.2, -0.15) is 0 Å². The van der Waals surface area contributed by atoms with E-state index in [0.717, 1.165) is 30.3 Å². The van der Waals surface area contributed by atoms with Crippen LogP contribution in [-0.4, -0.2) is 23.3 Å². The second kappa shape index (κ2) is 10.6. The summed E-state index contributed by atoms with van der Waals surface area (Å²) in [6.07, 6.45) is 7.92. The smallest absolute Gasteiger partial charge is 0.256 e. The van der Waals surface area contributed by atoms with Crippen molar-refractivity contribution in [2.24, 2.45) is 5.92 Å². The molecule has 1 aliphatic rings. The maximum absolute atomic E-state index is 12.5. The second-order valence-corrected chi connectivity index (χ2v) is 8.15. The summed E-state index contributed by atoms with van der Waals surface area (Å²) in [4.78, 5) is 29.0. The Kier molecular flexibility index (Phi) is 7.12. The molecular formula is C26H28N4O2. The van der Waals surface area contributed by atoms with Crippen molar-refractivity contribution in [2.75, 3.05) is 17.2 Å². The van der Waals surface area contributed by atoms with Gasteiger partial charge in [0, 0.05) is 35.2 Å². The van der Waals surface area contributed by atoms with E-state index in [-0.39, 0.29) is 11.8 Å². The number of aromatic nitrogens is 1. The van der Waals surface area contributed by atoms with Crippen molar-refractivity contribution in [3.8, 4) is 0 Å². The van der Waals surface area contributed by atoms with Crippen LogP contribution in [0.3, 0.4) is 0 Å². The molecule has 0 saturated heterocycles. The molecule has 0 aliphatic heterocycles. The molecule has 32 heavy (non-hydrogen) atoms. The number of carbonyl (C=O) groups excluding carboxylic acids is 2. The summed E-state index contributed by atoms with van der Waals surface area (Å²) in [5.74, 6) is 1.01. The van der Waals surface area contributed by atoms with Crippen LogP contribution in [0.25, 0.3) is 0 Å². The largest absolute Gasteiger partial charge is 0.356 e. The van der Waals surface area contributed by atoms with E-state index in [0.29, 0.717) is 16.9 Å². The summed E-state index contributed by atoms with van der Waals surface area (Å²) in [7, 11) is 0. The van der Waals surface area contributed by atoms with E-state index in [1.807, 2.05) is 42.5 Å². The Morgan fingerprint density at radius 3 is 2.41 bits per heavy atom. The lowest BCUT2D eigenvalue weighted by Crippen LogP contribution is -2.25. The van der Waals surface area contributed by atoms with Gasteiger partial charge in [-0.05, 0) is 66.9 Å². The maximum Gasteiger partial charge on any atom is 0.256 e. The third-order valence-electron chi connectivity index (χ3n) is 5.78. The van der Waals surface area contributed by atoms with Crippen LogP contribution in [0.1, 0.15) is 52.8 Å². The first kappa shape index (κ1) is 21.6. The van der Waals surface area contributed by atoms with E-state index in [1.54, 1.807) is 30.5 Å². The first-order chi connectivity index (χ1) is 15.7. The first-order valence-electron chi connectivity index (χ1n) is 11.1. The number of nitrogens with one attached hydrogen (secondary N) is 3. The summed E-state index contributed by atoms with van der Waals surface area (Å²) in [5.41, 5.74) is 2.82. The second-order valence-electron chi connectivity index (χ2n) is 8.15. The number of carbonyl (C=O) groups is 2. The van der Waals surface area contributed by atoms with Gasteiger partial charge in [0.25, 0.3) is 11.8 Å². The minimum atomic E-state index is -0.216. The monoisotopic (exact) mass is 428 g/mol. The van der Waals surface area contributed by atoms with Crippen molar-refractivity contribution in [3.05, 3.63) is 84.1 Å². The Labute approximate surface area is 188 Å². The van der Waals surface area contributed by atoms with Gasteiger partial charge in [-0.1, -0.05) is 37.8 Å². The molecule has 0 unspecified atom stereocenters. The standard InChI is InChI=1S/C26H28N4O2/c31-25(28-17-15-19-6-1-2-7-19)21-8-5-9-23(18-21)29-22-13-11-20(12-14-22)26(32)30-24-10-3-4-16-27-24/h3-5,8-14,16,18-19,29H,1-2,6-7,15,17H2,(H,28,31)(H,27,30,32). The zero-order chi connectivity index (χ0) is 22.2. The number of amides is 2. The molecule has 4 rings (SSSR count).